The quantitative estimate of drug-likeness (QED) is 0.848. The van der Waals surface area contributed by atoms with Crippen molar-refractivity contribution in [2.75, 3.05) is 20.8 Å². The maximum absolute atomic E-state index is 9.56. The molecule has 0 aromatic heterocycles. The third-order valence-corrected chi connectivity index (χ3v) is 3.48. The molecule has 0 radical (unpaired) electrons. The lowest BCUT2D eigenvalue weighted by Gasteiger charge is -2.36. The summed E-state index contributed by atoms with van der Waals surface area (Å²) in [5, 5.41) is 9.56. The zero-order valence-corrected chi connectivity index (χ0v) is 9.82. The van der Waals surface area contributed by atoms with Crippen molar-refractivity contribution in [3.63, 3.8) is 0 Å². The lowest BCUT2D eigenvalue weighted by molar-refractivity contribution is -0.0688. The first-order valence-electron chi connectivity index (χ1n) is 5.59. The van der Waals surface area contributed by atoms with E-state index < -0.39 is 5.60 Å². The van der Waals surface area contributed by atoms with Crippen molar-refractivity contribution >= 4 is 0 Å². The Morgan fingerprint density at radius 3 is 2.81 bits per heavy atom. The number of benzene rings is 1. The molecule has 0 heterocycles. The molecule has 0 saturated heterocycles. The van der Waals surface area contributed by atoms with Gasteiger partial charge in [-0.15, -0.1) is 0 Å². The van der Waals surface area contributed by atoms with E-state index in [1.54, 1.807) is 14.2 Å². The molecule has 3 heteroatoms. The first-order valence-corrected chi connectivity index (χ1v) is 5.59. The molecular formula is C13H18O3. The number of fused-ring (bicyclic) bond motifs is 1. The summed E-state index contributed by atoms with van der Waals surface area (Å²) in [6, 6.07) is 5.97. The van der Waals surface area contributed by atoms with Crippen molar-refractivity contribution in [1.29, 1.82) is 0 Å². The number of methoxy groups -OCH3 is 2. The van der Waals surface area contributed by atoms with Gasteiger partial charge in [0.15, 0.2) is 0 Å². The van der Waals surface area contributed by atoms with E-state index in [2.05, 4.69) is 0 Å². The molecule has 0 amide bonds. The van der Waals surface area contributed by atoms with Crippen molar-refractivity contribution in [2.24, 2.45) is 0 Å². The van der Waals surface area contributed by atoms with E-state index in [1.165, 1.54) is 5.56 Å². The molecule has 16 heavy (non-hydrogen) atoms. The Bertz CT molecular complexity index is 369. The second-order valence-electron chi connectivity index (χ2n) is 4.23. The number of aliphatic hydroxyl groups is 1. The predicted molar refractivity (Wildman–Crippen MR) is 61.7 cm³/mol. The molecule has 1 N–H and O–H groups in total. The SMILES string of the molecule is COc1ccc2c(c1)CCCC2(CO)OC. The molecule has 1 aliphatic rings. The Balaban J connectivity index is 2.46. The molecule has 3 nitrogen and oxygen atoms in total. The fourth-order valence-electron chi connectivity index (χ4n) is 2.49. The molecule has 2 rings (SSSR count). The molecule has 1 aromatic carbocycles. The number of rotatable bonds is 3. The molecule has 1 unspecified atom stereocenters. The van der Waals surface area contributed by atoms with Crippen LogP contribution < -0.4 is 4.74 Å². The molecule has 88 valence electrons. The van der Waals surface area contributed by atoms with Gasteiger partial charge in [-0.25, -0.2) is 0 Å². The van der Waals surface area contributed by atoms with Crippen LogP contribution in [0.25, 0.3) is 0 Å². The minimum atomic E-state index is -0.514. The molecule has 1 aromatic rings. The second kappa shape index (κ2) is 4.44. The molecule has 0 aliphatic heterocycles. The largest absolute Gasteiger partial charge is 0.497 e. The van der Waals surface area contributed by atoms with Crippen molar-refractivity contribution in [2.45, 2.75) is 24.9 Å². The van der Waals surface area contributed by atoms with Gasteiger partial charge in [0.1, 0.15) is 11.4 Å². The fourth-order valence-corrected chi connectivity index (χ4v) is 2.49. The zero-order chi connectivity index (χ0) is 11.6. The van der Waals surface area contributed by atoms with Gasteiger partial charge in [-0.05, 0) is 42.5 Å². The Hall–Kier alpha value is -1.06. The predicted octanol–water partition coefficient (Wildman–Crippen LogP) is 1.87. The van der Waals surface area contributed by atoms with Crippen LogP contribution in [0, 0.1) is 0 Å². The topological polar surface area (TPSA) is 38.7 Å². The highest BCUT2D eigenvalue weighted by Gasteiger charge is 2.36. The van der Waals surface area contributed by atoms with Crippen LogP contribution >= 0.6 is 0 Å². The average molecular weight is 222 g/mol. The highest BCUT2D eigenvalue weighted by atomic mass is 16.5. The monoisotopic (exact) mass is 222 g/mol. The third-order valence-electron chi connectivity index (χ3n) is 3.48. The van der Waals surface area contributed by atoms with Gasteiger partial charge in [0.25, 0.3) is 0 Å². The molecule has 0 bridgehead atoms. The van der Waals surface area contributed by atoms with E-state index in [9.17, 15) is 5.11 Å². The van der Waals surface area contributed by atoms with Crippen LogP contribution in [0.15, 0.2) is 18.2 Å². The van der Waals surface area contributed by atoms with Crippen molar-refractivity contribution in [3.8, 4) is 5.75 Å². The molecule has 1 atom stereocenters. The second-order valence-corrected chi connectivity index (χ2v) is 4.23. The van der Waals surface area contributed by atoms with Crippen LogP contribution in [-0.2, 0) is 16.8 Å². The Morgan fingerprint density at radius 2 is 2.19 bits per heavy atom. The minimum Gasteiger partial charge on any atom is -0.497 e. The van der Waals surface area contributed by atoms with Crippen LogP contribution in [0.4, 0.5) is 0 Å². The summed E-state index contributed by atoms with van der Waals surface area (Å²) < 4.78 is 10.7. The highest BCUT2D eigenvalue weighted by molar-refractivity contribution is 5.41. The van der Waals surface area contributed by atoms with Gasteiger partial charge in [-0.3, -0.25) is 0 Å². The van der Waals surface area contributed by atoms with E-state index in [-0.39, 0.29) is 6.61 Å². The standard InChI is InChI=1S/C13H18O3/c1-15-11-5-6-12-10(8-11)4-3-7-13(12,9-14)16-2/h5-6,8,14H,3-4,7,9H2,1-2H3. The highest BCUT2D eigenvalue weighted by Crippen LogP contribution is 2.38. The van der Waals surface area contributed by atoms with Crippen LogP contribution in [0.2, 0.25) is 0 Å². The summed E-state index contributed by atoms with van der Waals surface area (Å²) in [6.45, 7) is 0.0306. The van der Waals surface area contributed by atoms with E-state index in [0.717, 1.165) is 30.6 Å². The molecule has 0 saturated carbocycles. The lowest BCUT2D eigenvalue weighted by atomic mass is 9.79. The van der Waals surface area contributed by atoms with Gasteiger partial charge in [0.2, 0.25) is 0 Å². The average Bonchev–Trinajstić information content (AvgIpc) is 2.37. The van der Waals surface area contributed by atoms with Crippen LogP contribution in [0.1, 0.15) is 24.0 Å². The summed E-state index contributed by atoms with van der Waals surface area (Å²) >= 11 is 0. The van der Waals surface area contributed by atoms with Gasteiger partial charge in [-0.1, -0.05) is 6.07 Å². The number of ether oxygens (including phenoxy) is 2. The van der Waals surface area contributed by atoms with Gasteiger partial charge in [-0.2, -0.15) is 0 Å². The first-order chi connectivity index (χ1) is 7.75. The zero-order valence-electron chi connectivity index (χ0n) is 9.82. The number of aryl methyl sites for hydroxylation is 1. The molecule has 0 fully saturated rings. The van der Waals surface area contributed by atoms with E-state index in [4.69, 9.17) is 9.47 Å². The summed E-state index contributed by atoms with van der Waals surface area (Å²) in [5.74, 6) is 0.864. The van der Waals surface area contributed by atoms with E-state index in [0.29, 0.717) is 0 Å². The number of hydrogen-bond acceptors (Lipinski definition) is 3. The number of hydrogen-bond donors (Lipinski definition) is 1. The van der Waals surface area contributed by atoms with E-state index >= 15 is 0 Å². The maximum Gasteiger partial charge on any atom is 0.119 e. The summed E-state index contributed by atoms with van der Waals surface area (Å²) in [5.41, 5.74) is 1.81. The Morgan fingerprint density at radius 1 is 1.38 bits per heavy atom. The molecular weight excluding hydrogens is 204 g/mol. The molecule has 1 aliphatic carbocycles. The van der Waals surface area contributed by atoms with Gasteiger partial charge in [0.05, 0.1) is 13.7 Å². The fraction of sp³-hybridized carbons (Fsp3) is 0.538. The Labute approximate surface area is 96.0 Å². The smallest absolute Gasteiger partial charge is 0.119 e. The van der Waals surface area contributed by atoms with Crippen molar-refractivity contribution < 1.29 is 14.6 Å². The van der Waals surface area contributed by atoms with Crippen molar-refractivity contribution in [1.82, 2.24) is 0 Å². The normalized spacial score (nSPS) is 23.9. The van der Waals surface area contributed by atoms with Crippen LogP contribution in [0.3, 0.4) is 0 Å². The lowest BCUT2D eigenvalue weighted by Crippen LogP contribution is -2.36. The van der Waals surface area contributed by atoms with Gasteiger partial charge >= 0.3 is 0 Å². The number of aliphatic hydroxyl groups excluding tert-OH is 1. The summed E-state index contributed by atoms with van der Waals surface area (Å²) in [4.78, 5) is 0. The van der Waals surface area contributed by atoms with Gasteiger partial charge < -0.3 is 14.6 Å². The first kappa shape index (κ1) is 11.4. The van der Waals surface area contributed by atoms with Crippen molar-refractivity contribution in [3.05, 3.63) is 29.3 Å². The van der Waals surface area contributed by atoms with E-state index in [1.807, 2.05) is 18.2 Å². The molecule has 0 spiro atoms. The van der Waals surface area contributed by atoms with Crippen LogP contribution in [-0.4, -0.2) is 25.9 Å². The summed E-state index contributed by atoms with van der Waals surface area (Å²) in [7, 11) is 3.33. The third kappa shape index (κ3) is 1.70. The minimum absolute atomic E-state index is 0.0306. The van der Waals surface area contributed by atoms with Crippen LogP contribution in [0.5, 0.6) is 5.75 Å². The summed E-state index contributed by atoms with van der Waals surface area (Å²) in [6.07, 6.45) is 2.94. The maximum atomic E-state index is 9.56. The van der Waals surface area contributed by atoms with Gasteiger partial charge in [0, 0.05) is 7.11 Å². The Kier molecular flexibility index (Phi) is 3.17.